The topological polar surface area (TPSA) is 63.3 Å². The fourth-order valence-electron chi connectivity index (χ4n) is 1.73. The van der Waals surface area contributed by atoms with Gasteiger partial charge in [-0.05, 0) is 36.4 Å². The molecule has 1 aromatic heterocycles. The maximum Gasteiger partial charge on any atom is 0.227 e. The van der Waals surface area contributed by atoms with Gasteiger partial charge < -0.3 is 8.97 Å². The molecule has 0 saturated carbocycles. The quantitative estimate of drug-likeness (QED) is 0.730. The van der Waals surface area contributed by atoms with Crippen LogP contribution in [-0.4, -0.2) is 13.7 Å². The van der Waals surface area contributed by atoms with Crippen LogP contribution in [0.15, 0.2) is 51.8 Å². The highest BCUT2D eigenvalue weighted by Gasteiger charge is 2.10. The SMILES string of the molecule is O=S(O)c1ccc2nc(-c3ccc(F)cc3)oc2c1. The van der Waals surface area contributed by atoms with Crippen molar-refractivity contribution in [2.45, 2.75) is 4.90 Å². The van der Waals surface area contributed by atoms with Crippen LogP contribution in [0.1, 0.15) is 0 Å². The molecule has 0 bridgehead atoms. The molecule has 4 nitrogen and oxygen atoms in total. The lowest BCUT2D eigenvalue weighted by atomic mass is 10.2. The van der Waals surface area contributed by atoms with Crippen LogP contribution in [0.5, 0.6) is 0 Å². The molecule has 0 spiro atoms. The lowest BCUT2D eigenvalue weighted by Gasteiger charge is -1.93. The highest BCUT2D eigenvalue weighted by molar-refractivity contribution is 7.79. The first-order valence-corrected chi connectivity index (χ1v) is 6.51. The van der Waals surface area contributed by atoms with Crippen LogP contribution >= 0.6 is 0 Å². The van der Waals surface area contributed by atoms with Crippen LogP contribution in [0, 0.1) is 5.82 Å². The van der Waals surface area contributed by atoms with Crippen LogP contribution in [0.3, 0.4) is 0 Å². The van der Waals surface area contributed by atoms with E-state index in [1.807, 2.05) is 0 Å². The van der Waals surface area contributed by atoms with Gasteiger partial charge in [-0.2, -0.15) is 0 Å². The monoisotopic (exact) mass is 277 g/mol. The molecule has 0 aliphatic heterocycles. The molecule has 0 aliphatic rings. The van der Waals surface area contributed by atoms with E-state index in [-0.39, 0.29) is 10.7 Å². The Labute approximate surface area is 110 Å². The first kappa shape index (κ1) is 12.0. The minimum atomic E-state index is -2.06. The predicted molar refractivity (Wildman–Crippen MR) is 68.4 cm³/mol. The van der Waals surface area contributed by atoms with Gasteiger partial charge in [0.1, 0.15) is 11.3 Å². The van der Waals surface area contributed by atoms with Crippen molar-refractivity contribution in [2.75, 3.05) is 0 Å². The number of aromatic nitrogens is 1. The number of rotatable bonds is 2. The normalized spacial score (nSPS) is 12.7. The number of oxazole rings is 1. The van der Waals surface area contributed by atoms with Gasteiger partial charge in [0.05, 0.1) is 4.90 Å². The van der Waals surface area contributed by atoms with Crippen LogP contribution in [0.25, 0.3) is 22.6 Å². The lowest BCUT2D eigenvalue weighted by molar-refractivity contribution is 0.563. The first-order valence-electron chi connectivity index (χ1n) is 5.41. The Morgan fingerprint density at radius 1 is 1.16 bits per heavy atom. The summed E-state index contributed by atoms with van der Waals surface area (Å²) in [6.07, 6.45) is 0. The van der Waals surface area contributed by atoms with E-state index in [1.54, 1.807) is 18.2 Å². The van der Waals surface area contributed by atoms with Crippen molar-refractivity contribution in [3.63, 3.8) is 0 Å². The summed E-state index contributed by atoms with van der Waals surface area (Å²) >= 11 is -2.06. The smallest absolute Gasteiger partial charge is 0.227 e. The Balaban J connectivity index is 2.11. The molecule has 0 saturated heterocycles. The summed E-state index contributed by atoms with van der Waals surface area (Å²) in [5.41, 5.74) is 1.64. The Kier molecular flexibility index (Phi) is 2.88. The van der Waals surface area contributed by atoms with Crippen molar-refractivity contribution < 1.29 is 17.6 Å². The van der Waals surface area contributed by atoms with Crippen molar-refractivity contribution in [1.82, 2.24) is 4.98 Å². The second-order valence-corrected chi connectivity index (χ2v) is 4.87. The Bertz CT molecular complexity index is 767. The van der Waals surface area contributed by atoms with Crippen molar-refractivity contribution in [3.8, 4) is 11.5 Å². The maximum absolute atomic E-state index is 12.8. The number of hydrogen-bond acceptors (Lipinski definition) is 3. The Morgan fingerprint density at radius 3 is 2.58 bits per heavy atom. The summed E-state index contributed by atoms with van der Waals surface area (Å²) in [7, 11) is 0. The molecule has 3 aromatic rings. The summed E-state index contributed by atoms with van der Waals surface area (Å²) < 4.78 is 38.3. The fraction of sp³-hybridized carbons (Fsp3) is 0. The van der Waals surface area contributed by atoms with Gasteiger partial charge in [-0.1, -0.05) is 0 Å². The standard InChI is InChI=1S/C13H8FNO3S/c14-9-3-1-8(2-4-9)13-15-11-6-5-10(19(16)17)7-12(11)18-13/h1-7H,(H,16,17). The second-order valence-electron chi connectivity index (χ2n) is 3.90. The average Bonchev–Trinajstić information content (AvgIpc) is 2.82. The molecule has 1 N–H and O–H groups in total. The summed E-state index contributed by atoms with van der Waals surface area (Å²) in [5.74, 6) is 0.00805. The molecule has 6 heteroatoms. The minimum Gasteiger partial charge on any atom is -0.436 e. The van der Waals surface area contributed by atoms with E-state index in [9.17, 15) is 8.60 Å². The van der Waals surface area contributed by atoms with Crippen LogP contribution in [0.4, 0.5) is 4.39 Å². The van der Waals surface area contributed by atoms with E-state index >= 15 is 0 Å². The van der Waals surface area contributed by atoms with Crippen molar-refractivity contribution in [2.24, 2.45) is 0 Å². The predicted octanol–water partition coefficient (Wildman–Crippen LogP) is 3.21. The third-order valence-corrected chi connectivity index (χ3v) is 3.31. The summed E-state index contributed by atoms with van der Waals surface area (Å²) in [6, 6.07) is 10.3. The van der Waals surface area contributed by atoms with E-state index in [1.165, 1.54) is 24.3 Å². The van der Waals surface area contributed by atoms with Crippen molar-refractivity contribution in [3.05, 3.63) is 48.3 Å². The molecular formula is C13H8FNO3S. The highest BCUT2D eigenvalue weighted by atomic mass is 32.2. The van der Waals surface area contributed by atoms with E-state index in [2.05, 4.69) is 4.98 Å². The van der Waals surface area contributed by atoms with E-state index in [4.69, 9.17) is 8.97 Å². The molecule has 19 heavy (non-hydrogen) atoms. The average molecular weight is 277 g/mol. The van der Waals surface area contributed by atoms with E-state index in [0.29, 0.717) is 22.6 Å². The van der Waals surface area contributed by atoms with Gasteiger partial charge in [0.15, 0.2) is 16.7 Å². The lowest BCUT2D eigenvalue weighted by Crippen LogP contribution is -1.86. The minimum absolute atomic E-state index is 0.245. The molecule has 0 radical (unpaired) electrons. The summed E-state index contributed by atoms with van der Waals surface area (Å²) in [6.45, 7) is 0. The molecule has 3 rings (SSSR count). The third-order valence-electron chi connectivity index (χ3n) is 2.65. The zero-order valence-electron chi connectivity index (χ0n) is 9.54. The number of hydrogen-bond donors (Lipinski definition) is 1. The molecule has 1 atom stereocenters. The summed E-state index contributed by atoms with van der Waals surface area (Å²) in [4.78, 5) is 4.49. The third kappa shape index (κ3) is 2.27. The first-order chi connectivity index (χ1) is 9.13. The molecule has 1 unspecified atom stereocenters. The molecular weight excluding hydrogens is 269 g/mol. The van der Waals surface area contributed by atoms with Crippen LogP contribution in [-0.2, 0) is 11.1 Å². The molecule has 0 amide bonds. The zero-order chi connectivity index (χ0) is 13.4. The number of nitrogens with zero attached hydrogens (tertiary/aromatic N) is 1. The summed E-state index contributed by atoms with van der Waals surface area (Å²) in [5, 5.41) is 0. The number of benzene rings is 2. The number of halogens is 1. The van der Waals surface area contributed by atoms with E-state index < -0.39 is 11.1 Å². The largest absolute Gasteiger partial charge is 0.436 e. The van der Waals surface area contributed by atoms with Crippen LogP contribution < -0.4 is 0 Å². The Morgan fingerprint density at radius 2 is 1.89 bits per heavy atom. The molecule has 1 heterocycles. The second kappa shape index (κ2) is 4.56. The van der Waals surface area contributed by atoms with E-state index in [0.717, 1.165) is 0 Å². The van der Waals surface area contributed by atoms with Crippen molar-refractivity contribution >= 4 is 22.2 Å². The van der Waals surface area contributed by atoms with Gasteiger partial charge in [0, 0.05) is 11.6 Å². The molecule has 2 aromatic carbocycles. The van der Waals surface area contributed by atoms with Gasteiger partial charge >= 0.3 is 0 Å². The van der Waals surface area contributed by atoms with Crippen LogP contribution in [0.2, 0.25) is 0 Å². The Hall–Kier alpha value is -2.05. The molecule has 0 fully saturated rings. The highest BCUT2D eigenvalue weighted by Crippen LogP contribution is 2.25. The maximum atomic E-state index is 12.8. The number of fused-ring (bicyclic) bond motifs is 1. The van der Waals surface area contributed by atoms with Crippen molar-refractivity contribution in [1.29, 1.82) is 0 Å². The van der Waals surface area contributed by atoms with Gasteiger partial charge in [-0.15, -0.1) is 0 Å². The molecule has 0 aliphatic carbocycles. The van der Waals surface area contributed by atoms with Gasteiger partial charge in [-0.3, -0.25) is 0 Å². The van der Waals surface area contributed by atoms with Gasteiger partial charge in [0.25, 0.3) is 0 Å². The zero-order valence-corrected chi connectivity index (χ0v) is 10.4. The molecule has 96 valence electrons. The van der Waals surface area contributed by atoms with Gasteiger partial charge in [-0.25, -0.2) is 13.6 Å². The van der Waals surface area contributed by atoms with Gasteiger partial charge in [0.2, 0.25) is 5.89 Å². The fourth-order valence-corrected chi connectivity index (χ4v) is 2.12.